The molecular formula is C11H15Br4. The minimum absolute atomic E-state index is 0.0796. The lowest BCUT2D eigenvalue weighted by atomic mass is 10.0. The highest BCUT2D eigenvalue weighted by Gasteiger charge is 2.27. The lowest BCUT2D eigenvalue weighted by Crippen LogP contribution is -2.19. The standard InChI is InChI=1S/C11H15Br4/c1-3-4-9(2)11(14,15)6-5-10(7-12)8-13/h3-5,9H,1,6-8H2,2H3. The minimum Gasteiger partial charge on any atom is -0.0880 e. The maximum absolute atomic E-state index is 3.71. The van der Waals surface area contributed by atoms with Gasteiger partial charge in [0.25, 0.3) is 0 Å². The summed E-state index contributed by atoms with van der Waals surface area (Å²) in [6.07, 6.45) is 7.09. The van der Waals surface area contributed by atoms with Crippen LogP contribution in [0.2, 0.25) is 0 Å². The highest BCUT2D eigenvalue weighted by atomic mass is 79.9. The van der Waals surface area contributed by atoms with E-state index < -0.39 is 0 Å². The molecule has 0 amide bonds. The second-order valence-corrected chi connectivity index (χ2v) is 8.33. The Bertz CT molecular complexity index is 225. The van der Waals surface area contributed by atoms with Crippen molar-refractivity contribution in [2.24, 2.45) is 5.92 Å². The topological polar surface area (TPSA) is 0 Å². The van der Waals surface area contributed by atoms with Crippen molar-refractivity contribution >= 4 is 63.7 Å². The lowest BCUT2D eigenvalue weighted by Gasteiger charge is -2.24. The first kappa shape index (κ1) is 16.4. The highest BCUT2D eigenvalue weighted by Crippen LogP contribution is 2.39. The molecule has 0 aliphatic rings. The van der Waals surface area contributed by atoms with Crippen LogP contribution in [0, 0.1) is 12.8 Å². The van der Waals surface area contributed by atoms with Crippen molar-refractivity contribution < 1.29 is 0 Å². The maximum Gasteiger partial charge on any atom is 0.0899 e. The van der Waals surface area contributed by atoms with Gasteiger partial charge in [-0.2, -0.15) is 0 Å². The second-order valence-electron chi connectivity index (χ2n) is 3.31. The molecule has 1 radical (unpaired) electrons. The Morgan fingerprint density at radius 2 is 1.87 bits per heavy atom. The number of hydrogen-bond donors (Lipinski definition) is 0. The second kappa shape index (κ2) is 8.48. The Morgan fingerprint density at radius 1 is 1.33 bits per heavy atom. The van der Waals surface area contributed by atoms with Crippen molar-refractivity contribution in [3.8, 4) is 0 Å². The normalized spacial score (nSPS) is 14.3. The molecular weight excluding hydrogens is 452 g/mol. The third-order valence-corrected chi connectivity index (χ3v) is 5.63. The molecule has 0 aliphatic heterocycles. The van der Waals surface area contributed by atoms with E-state index in [0.717, 1.165) is 17.1 Å². The number of hydrogen-bond acceptors (Lipinski definition) is 0. The van der Waals surface area contributed by atoms with Gasteiger partial charge in [0, 0.05) is 10.7 Å². The van der Waals surface area contributed by atoms with Crippen molar-refractivity contribution in [2.75, 3.05) is 10.7 Å². The van der Waals surface area contributed by atoms with Crippen molar-refractivity contribution in [1.29, 1.82) is 0 Å². The number of rotatable bonds is 6. The fraction of sp³-hybridized carbons (Fsp3) is 0.545. The predicted octanol–water partition coefficient (Wildman–Crippen LogP) is 5.61. The largest absolute Gasteiger partial charge is 0.0899 e. The molecule has 1 unspecified atom stereocenters. The zero-order valence-electron chi connectivity index (χ0n) is 8.65. The molecule has 0 saturated heterocycles. The van der Waals surface area contributed by atoms with Crippen molar-refractivity contribution in [3.05, 3.63) is 30.7 Å². The first-order chi connectivity index (χ1) is 6.97. The summed E-state index contributed by atoms with van der Waals surface area (Å²) in [5.41, 5.74) is 1.35. The van der Waals surface area contributed by atoms with Crippen molar-refractivity contribution in [1.82, 2.24) is 0 Å². The molecule has 0 spiro atoms. The first-order valence-electron chi connectivity index (χ1n) is 4.61. The summed E-state index contributed by atoms with van der Waals surface area (Å²) in [4.78, 5) is 0. The first-order valence-corrected chi connectivity index (χ1v) is 8.44. The van der Waals surface area contributed by atoms with E-state index in [1.54, 1.807) is 0 Å². The molecule has 15 heavy (non-hydrogen) atoms. The maximum atomic E-state index is 3.71. The van der Waals surface area contributed by atoms with Crippen molar-refractivity contribution in [2.45, 2.75) is 16.6 Å². The van der Waals surface area contributed by atoms with Gasteiger partial charge >= 0.3 is 0 Å². The van der Waals surface area contributed by atoms with E-state index in [1.165, 1.54) is 5.57 Å². The van der Waals surface area contributed by atoms with Crippen LogP contribution in [0.4, 0.5) is 0 Å². The number of halogens is 4. The van der Waals surface area contributed by atoms with Gasteiger partial charge in [0.2, 0.25) is 0 Å². The SMILES string of the molecule is [CH2]C=CC(C)C(Br)(Br)CC=C(CBr)CBr. The van der Waals surface area contributed by atoms with Gasteiger partial charge in [-0.15, -0.1) is 0 Å². The molecule has 0 N–H and O–H groups in total. The molecule has 0 aromatic carbocycles. The van der Waals surface area contributed by atoms with E-state index in [4.69, 9.17) is 0 Å². The molecule has 0 rings (SSSR count). The van der Waals surface area contributed by atoms with Crippen LogP contribution >= 0.6 is 63.7 Å². The smallest absolute Gasteiger partial charge is 0.0880 e. The summed E-state index contributed by atoms with van der Waals surface area (Å²) in [7, 11) is 0. The average Bonchev–Trinajstić information content (AvgIpc) is 2.19. The zero-order valence-corrected chi connectivity index (χ0v) is 15.0. The number of allylic oxidation sites excluding steroid dienone is 4. The molecule has 0 nitrogen and oxygen atoms in total. The summed E-state index contributed by atoms with van der Waals surface area (Å²) < 4.78 is -0.0796. The third-order valence-electron chi connectivity index (χ3n) is 2.10. The summed E-state index contributed by atoms with van der Waals surface area (Å²) in [5, 5.41) is 1.82. The van der Waals surface area contributed by atoms with Crippen molar-refractivity contribution in [3.63, 3.8) is 0 Å². The summed E-state index contributed by atoms with van der Waals surface area (Å²) in [6, 6.07) is 0. The summed E-state index contributed by atoms with van der Waals surface area (Å²) >= 11 is 14.3. The lowest BCUT2D eigenvalue weighted by molar-refractivity contribution is 0.653. The monoisotopic (exact) mass is 463 g/mol. The van der Waals surface area contributed by atoms with Gasteiger partial charge < -0.3 is 0 Å². The molecule has 0 fully saturated rings. The van der Waals surface area contributed by atoms with Crippen LogP contribution < -0.4 is 0 Å². The average molecular weight is 467 g/mol. The van der Waals surface area contributed by atoms with Crippen LogP contribution in [0.5, 0.6) is 0 Å². The van der Waals surface area contributed by atoms with Crippen LogP contribution in [-0.4, -0.2) is 13.9 Å². The molecule has 0 aromatic heterocycles. The van der Waals surface area contributed by atoms with E-state index >= 15 is 0 Å². The van der Waals surface area contributed by atoms with Gasteiger partial charge in [-0.25, -0.2) is 0 Å². The van der Waals surface area contributed by atoms with E-state index in [9.17, 15) is 0 Å². The quantitative estimate of drug-likeness (QED) is 0.353. The van der Waals surface area contributed by atoms with Crippen LogP contribution in [0.3, 0.4) is 0 Å². The molecule has 87 valence electrons. The van der Waals surface area contributed by atoms with Gasteiger partial charge in [-0.05, 0) is 19.3 Å². The molecule has 0 aliphatic carbocycles. The predicted molar refractivity (Wildman–Crippen MR) is 84.5 cm³/mol. The van der Waals surface area contributed by atoms with Gasteiger partial charge in [0.1, 0.15) is 0 Å². The molecule has 0 bridgehead atoms. The van der Waals surface area contributed by atoms with E-state index in [-0.39, 0.29) is 3.23 Å². The Balaban J connectivity index is 4.42. The van der Waals surface area contributed by atoms with Gasteiger partial charge in [-0.3, -0.25) is 0 Å². The van der Waals surface area contributed by atoms with Crippen LogP contribution in [0.15, 0.2) is 23.8 Å². The molecule has 0 aromatic rings. The Labute approximate surface area is 126 Å². The Morgan fingerprint density at radius 3 is 2.27 bits per heavy atom. The van der Waals surface area contributed by atoms with E-state index in [1.807, 2.05) is 6.08 Å². The van der Waals surface area contributed by atoms with Crippen LogP contribution in [-0.2, 0) is 0 Å². The van der Waals surface area contributed by atoms with E-state index in [0.29, 0.717) is 5.92 Å². The summed E-state index contributed by atoms with van der Waals surface area (Å²) in [5.74, 6) is 0.387. The fourth-order valence-electron chi connectivity index (χ4n) is 0.956. The molecule has 1 atom stereocenters. The molecule has 4 heteroatoms. The van der Waals surface area contributed by atoms with E-state index in [2.05, 4.69) is 89.7 Å². The van der Waals surface area contributed by atoms with Gasteiger partial charge in [0.05, 0.1) is 3.23 Å². The molecule has 0 saturated carbocycles. The zero-order chi connectivity index (χ0) is 11.9. The van der Waals surface area contributed by atoms with Crippen LogP contribution in [0.1, 0.15) is 13.3 Å². The number of alkyl halides is 4. The Hall–Kier alpha value is 1.40. The van der Waals surface area contributed by atoms with Crippen LogP contribution in [0.25, 0.3) is 0 Å². The highest BCUT2D eigenvalue weighted by molar-refractivity contribution is 9.25. The third kappa shape index (κ3) is 6.64. The molecule has 0 heterocycles. The van der Waals surface area contributed by atoms with Gasteiger partial charge in [0.15, 0.2) is 0 Å². The minimum atomic E-state index is -0.0796. The van der Waals surface area contributed by atoms with Gasteiger partial charge in [-0.1, -0.05) is 94.4 Å². The fourth-order valence-corrected chi connectivity index (χ4v) is 2.97. The Kier molecular flexibility index (Phi) is 9.28. The summed E-state index contributed by atoms with van der Waals surface area (Å²) in [6.45, 7) is 5.87.